The number of hydrogen-bond donors (Lipinski definition) is 1. The summed E-state index contributed by atoms with van der Waals surface area (Å²) in [6, 6.07) is 12.7. The normalized spacial score (nSPS) is 14.6. The minimum atomic E-state index is -3.67. The average molecular weight is 481 g/mol. The first-order valence-electron chi connectivity index (χ1n) is 10.7. The van der Waals surface area contributed by atoms with E-state index in [0.717, 1.165) is 17.1 Å². The van der Waals surface area contributed by atoms with E-state index in [1.54, 1.807) is 55.0 Å². The molecule has 0 aliphatic carbocycles. The van der Waals surface area contributed by atoms with E-state index in [1.165, 1.54) is 41.6 Å². The molecule has 3 aromatic heterocycles. The summed E-state index contributed by atoms with van der Waals surface area (Å²) >= 11 is 1.76. The highest BCUT2D eigenvalue weighted by molar-refractivity contribution is 7.91. The molecular weight excluding hydrogens is 456 g/mol. The third-order valence-electron chi connectivity index (χ3n) is 5.59. The van der Waals surface area contributed by atoms with Gasteiger partial charge in [0.15, 0.2) is 0 Å². The Bertz CT molecular complexity index is 1360. The van der Waals surface area contributed by atoms with Gasteiger partial charge >= 0.3 is 0 Å². The van der Waals surface area contributed by atoms with E-state index in [2.05, 4.69) is 37.3 Å². The summed E-state index contributed by atoms with van der Waals surface area (Å²) in [7, 11) is -2.02. The summed E-state index contributed by atoms with van der Waals surface area (Å²) in [5, 5.41) is 3.18. The first-order valence-corrected chi connectivity index (χ1v) is 13.0. The van der Waals surface area contributed by atoms with Crippen molar-refractivity contribution in [3.05, 3.63) is 65.9 Å². The molecule has 0 atom stereocenters. The molecule has 33 heavy (non-hydrogen) atoms. The van der Waals surface area contributed by atoms with E-state index in [0.29, 0.717) is 11.6 Å². The zero-order valence-electron chi connectivity index (χ0n) is 18.2. The number of aryl methyl sites for hydroxylation is 1. The molecular formula is C23H24N6O2S2. The summed E-state index contributed by atoms with van der Waals surface area (Å²) < 4.78 is 27.0. The molecule has 1 N–H and O–H groups in total. The number of aromatic nitrogens is 4. The maximum Gasteiger partial charge on any atom is 0.240 e. The lowest BCUT2D eigenvalue weighted by Crippen LogP contribution is -2.17. The van der Waals surface area contributed by atoms with E-state index in [1.807, 2.05) is 6.07 Å². The van der Waals surface area contributed by atoms with Crippen molar-refractivity contribution in [2.75, 3.05) is 18.4 Å². The number of rotatable bonds is 7. The van der Waals surface area contributed by atoms with Crippen molar-refractivity contribution in [2.24, 2.45) is 7.05 Å². The molecule has 4 aromatic rings. The van der Waals surface area contributed by atoms with Gasteiger partial charge in [0.2, 0.25) is 20.9 Å². The maximum atomic E-state index is 12.8. The van der Waals surface area contributed by atoms with E-state index < -0.39 is 9.84 Å². The lowest BCUT2D eigenvalue weighted by Gasteiger charge is -2.12. The second-order valence-electron chi connectivity index (χ2n) is 7.99. The SMILES string of the molecule is Cn1ccnc1S(=O)(=O)c1ccc(Nc2nccc(-c3ccc(CN4CCCC4)s3)n2)cc1. The molecule has 5 rings (SSSR count). The first kappa shape index (κ1) is 21.7. The van der Waals surface area contributed by atoms with Crippen LogP contribution in [0.5, 0.6) is 0 Å². The minimum absolute atomic E-state index is 0.0132. The largest absolute Gasteiger partial charge is 0.325 e. The topological polar surface area (TPSA) is 93.0 Å². The summed E-state index contributed by atoms with van der Waals surface area (Å²) in [6.45, 7) is 3.35. The van der Waals surface area contributed by atoms with Crippen LogP contribution in [0.1, 0.15) is 17.7 Å². The lowest BCUT2D eigenvalue weighted by atomic mass is 10.3. The highest BCUT2D eigenvalue weighted by atomic mass is 32.2. The van der Waals surface area contributed by atoms with Crippen molar-refractivity contribution in [3.63, 3.8) is 0 Å². The predicted molar refractivity (Wildman–Crippen MR) is 128 cm³/mol. The van der Waals surface area contributed by atoms with Gasteiger partial charge in [0.1, 0.15) is 0 Å². The van der Waals surface area contributed by atoms with Gasteiger partial charge in [-0.1, -0.05) is 0 Å². The Kier molecular flexibility index (Phi) is 5.96. The van der Waals surface area contributed by atoms with Crippen LogP contribution < -0.4 is 5.32 Å². The Morgan fingerprint density at radius 2 is 1.79 bits per heavy atom. The molecule has 1 saturated heterocycles. The Balaban J connectivity index is 1.30. The molecule has 4 heterocycles. The van der Waals surface area contributed by atoms with Crippen LogP contribution >= 0.6 is 11.3 Å². The van der Waals surface area contributed by atoms with Crippen LogP contribution in [0.4, 0.5) is 11.6 Å². The van der Waals surface area contributed by atoms with Gasteiger partial charge in [-0.3, -0.25) is 4.90 Å². The van der Waals surface area contributed by atoms with E-state index in [-0.39, 0.29) is 10.1 Å². The monoisotopic (exact) mass is 480 g/mol. The molecule has 0 saturated carbocycles. The highest BCUT2D eigenvalue weighted by Crippen LogP contribution is 2.29. The van der Waals surface area contributed by atoms with E-state index in [9.17, 15) is 8.42 Å². The second-order valence-corrected chi connectivity index (χ2v) is 11.0. The number of imidazole rings is 1. The summed E-state index contributed by atoms with van der Waals surface area (Å²) in [6.07, 6.45) is 7.38. The van der Waals surface area contributed by atoms with Gasteiger partial charge in [-0.15, -0.1) is 11.3 Å². The molecule has 10 heteroatoms. The molecule has 1 aliphatic heterocycles. The fraction of sp³-hybridized carbons (Fsp3) is 0.261. The predicted octanol–water partition coefficient (Wildman–Crippen LogP) is 4.11. The smallest absolute Gasteiger partial charge is 0.240 e. The molecule has 1 aromatic carbocycles. The standard InChI is InChI=1S/C23H24N6O2S2/c1-28-15-12-25-23(28)33(30,31)19-7-4-17(5-8-19)26-22-24-11-10-20(27-22)21-9-6-18(32-21)16-29-13-2-3-14-29/h4-12,15H,2-3,13-14,16H2,1H3,(H,24,26,27). The van der Waals surface area contributed by atoms with Gasteiger partial charge in [0.25, 0.3) is 0 Å². The second kappa shape index (κ2) is 9.05. The quantitative estimate of drug-likeness (QED) is 0.425. The van der Waals surface area contributed by atoms with Crippen molar-refractivity contribution >= 4 is 32.8 Å². The van der Waals surface area contributed by atoms with Gasteiger partial charge < -0.3 is 9.88 Å². The number of likely N-dealkylation sites (tertiary alicyclic amines) is 1. The first-order chi connectivity index (χ1) is 16.0. The van der Waals surface area contributed by atoms with E-state index >= 15 is 0 Å². The van der Waals surface area contributed by atoms with Gasteiger partial charge in [-0.2, -0.15) is 0 Å². The Morgan fingerprint density at radius 1 is 1.00 bits per heavy atom. The molecule has 1 aliphatic rings. The number of hydrogen-bond acceptors (Lipinski definition) is 8. The number of anilines is 2. The van der Waals surface area contributed by atoms with Crippen molar-refractivity contribution < 1.29 is 8.42 Å². The third kappa shape index (κ3) is 4.68. The average Bonchev–Trinajstić information content (AvgIpc) is 3.57. The fourth-order valence-corrected chi connectivity index (χ4v) is 6.25. The highest BCUT2D eigenvalue weighted by Gasteiger charge is 2.22. The Morgan fingerprint density at radius 3 is 2.52 bits per heavy atom. The van der Waals surface area contributed by atoms with Crippen molar-refractivity contribution in [3.8, 4) is 10.6 Å². The molecule has 0 bridgehead atoms. The molecule has 170 valence electrons. The zero-order chi connectivity index (χ0) is 22.8. The molecule has 0 amide bonds. The third-order valence-corrected chi connectivity index (χ3v) is 8.45. The number of sulfone groups is 1. The van der Waals surface area contributed by atoms with Gasteiger partial charge in [0.05, 0.1) is 15.5 Å². The zero-order valence-corrected chi connectivity index (χ0v) is 19.8. The minimum Gasteiger partial charge on any atom is -0.325 e. The summed E-state index contributed by atoms with van der Waals surface area (Å²) in [5.41, 5.74) is 1.56. The summed E-state index contributed by atoms with van der Waals surface area (Å²) in [4.78, 5) is 18.0. The van der Waals surface area contributed by atoms with Crippen molar-refractivity contribution in [2.45, 2.75) is 29.4 Å². The molecule has 1 fully saturated rings. The molecule has 8 nitrogen and oxygen atoms in total. The van der Waals surface area contributed by atoms with Crippen LogP contribution in [0, 0.1) is 0 Å². The van der Waals surface area contributed by atoms with Crippen LogP contribution in [0.25, 0.3) is 10.6 Å². The van der Waals surface area contributed by atoms with Gasteiger partial charge in [-0.25, -0.2) is 23.4 Å². The maximum absolute atomic E-state index is 12.8. The van der Waals surface area contributed by atoms with Crippen molar-refractivity contribution in [1.82, 2.24) is 24.4 Å². The van der Waals surface area contributed by atoms with Crippen LogP contribution in [0.2, 0.25) is 0 Å². The summed E-state index contributed by atoms with van der Waals surface area (Å²) in [5.74, 6) is 0.460. The van der Waals surface area contributed by atoms with E-state index in [4.69, 9.17) is 0 Å². The molecule has 0 unspecified atom stereocenters. The van der Waals surface area contributed by atoms with Crippen LogP contribution in [0.3, 0.4) is 0 Å². The Hall–Kier alpha value is -3.08. The number of nitrogens with zero attached hydrogens (tertiary/aromatic N) is 5. The van der Waals surface area contributed by atoms with Gasteiger partial charge in [0, 0.05) is 42.7 Å². The van der Waals surface area contributed by atoms with Crippen LogP contribution in [-0.4, -0.2) is 45.9 Å². The molecule has 0 spiro atoms. The Labute approximate surface area is 196 Å². The number of benzene rings is 1. The van der Waals surface area contributed by atoms with Crippen LogP contribution in [0.15, 0.2) is 71.1 Å². The lowest BCUT2D eigenvalue weighted by molar-refractivity contribution is 0.334. The van der Waals surface area contributed by atoms with Gasteiger partial charge in [-0.05, 0) is 68.4 Å². The number of nitrogens with one attached hydrogen (secondary N) is 1. The molecule has 0 radical (unpaired) electrons. The number of thiophene rings is 1. The van der Waals surface area contributed by atoms with Crippen molar-refractivity contribution in [1.29, 1.82) is 0 Å². The fourth-order valence-electron chi connectivity index (χ4n) is 3.88. The van der Waals surface area contributed by atoms with Crippen LogP contribution in [-0.2, 0) is 23.4 Å².